The Balaban J connectivity index is 2.29. The SMILES string of the molecule is CCCc1cc(NS(=O)(=O)c2cc(C)c(C)c(N)c2)n[nH]1. The van der Waals surface area contributed by atoms with Crippen LogP contribution < -0.4 is 10.5 Å². The van der Waals surface area contributed by atoms with E-state index < -0.39 is 10.0 Å². The van der Waals surface area contributed by atoms with Gasteiger partial charge in [-0.25, -0.2) is 8.42 Å². The average molecular weight is 308 g/mol. The molecule has 0 radical (unpaired) electrons. The molecule has 0 amide bonds. The number of hydrogen-bond donors (Lipinski definition) is 3. The summed E-state index contributed by atoms with van der Waals surface area (Å²) >= 11 is 0. The normalized spacial score (nSPS) is 11.6. The highest BCUT2D eigenvalue weighted by Crippen LogP contribution is 2.23. The van der Waals surface area contributed by atoms with Crippen LogP contribution in [0.25, 0.3) is 0 Å². The maximum atomic E-state index is 12.4. The summed E-state index contributed by atoms with van der Waals surface area (Å²) in [7, 11) is -3.69. The third-order valence-electron chi connectivity index (χ3n) is 3.38. The fraction of sp³-hybridized carbons (Fsp3) is 0.357. The van der Waals surface area contributed by atoms with Crippen molar-refractivity contribution in [2.75, 3.05) is 10.5 Å². The van der Waals surface area contributed by atoms with Crippen LogP contribution in [0.5, 0.6) is 0 Å². The lowest BCUT2D eigenvalue weighted by Crippen LogP contribution is -2.14. The number of benzene rings is 1. The number of nitrogens with one attached hydrogen (secondary N) is 2. The minimum absolute atomic E-state index is 0.142. The molecule has 114 valence electrons. The maximum Gasteiger partial charge on any atom is 0.263 e. The standard InChI is InChI=1S/C14H20N4O2S/c1-4-5-11-7-14(17-16-11)18-21(19,20)12-6-9(2)10(3)13(15)8-12/h6-8H,4-5,15H2,1-3H3,(H2,16,17,18). The summed E-state index contributed by atoms with van der Waals surface area (Å²) in [5, 5.41) is 6.77. The van der Waals surface area contributed by atoms with Gasteiger partial charge in [-0.05, 0) is 43.5 Å². The van der Waals surface area contributed by atoms with E-state index in [4.69, 9.17) is 5.73 Å². The maximum absolute atomic E-state index is 12.4. The summed E-state index contributed by atoms with van der Waals surface area (Å²) < 4.78 is 27.2. The number of hydrogen-bond acceptors (Lipinski definition) is 4. The molecule has 2 aromatic rings. The Labute approximate surface area is 124 Å². The third kappa shape index (κ3) is 3.36. The van der Waals surface area contributed by atoms with E-state index in [9.17, 15) is 8.42 Å². The Hall–Kier alpha value is -2.02. The zero-order chi connectivity index (χ0) is 15.6. The van der Waals surface area contributed by atoms with Gasteiger partial charge in [0, 0.05) is 17.4 Å². The van der Waals surface area contributed by atoms with Gasteiger partial charge < -0.3 is 5.73 Å². The van der Waals surface area contributed by atoms with Crippen LogP contribution in [0.1, 0.15) is 30.2 Å². The molecule has 1 aromatic heterocycles. The van der Waals surface area contributed by atoms with Gasteiger partial charge >= 0.3 is 0 Å². The Morgan fingerprint density at radius 3 is 2.62 bits per heavy atom. The fourth-order valence-corrected chi connectivity index (χ4v) is 3.13. The summed E-state index contributed by atoms with van der Waals surface area (Å²) in [6.07, 6.45) is 1.79. The summed E-state index contributed by atoms with van der Waals surface area (Å²) in [6, 6.07) is 4.77. The summed E-state index contributed by atoms with van der Waals surface area (Å²) in [5.41, 5.74) is 8.93. The molecule has 0 aliphatic heterocycles. The van der Waals surface area contributed by atoms with Gasteiger partial charge in [-0.15, -0.1) is 0 Å². The topological polar surface area (TPSA) is 101 Å². The van der Waals surface area contributed by atoms with Crippen molar-refractivity contribution in [1.82, 2.24) is 10.2 Å². The molecule has 1 aromatic carbocycles. The minimum atomic E-state index is -3.69. The first-order valence-corrected chi connectivity index (χ1v) is 8.25. The molecule has 0 aliphatic rings. The van der Waals surface area contributed by atoms with E-state index in [-0.39, 0.29) is 10.7 Å². The molecule has 6 nitrogen and oxygen atoms in total. The van der Waals surface area contributed by atoms with Gasteiger partial charge in [0.2, 0.25) is 0 Å². The number of nitrogens with two attached hydrogens (primary N) is 1. The van der Waals surface area contributed by atoms with Gasteiger partial charge in [-0.3, -0.25) is 9.82 Å². The molecule has 4 N–H and O–H groups in total. The summed E-state index contributed by atoms with van der Waals surface area (Å²) in [5.74, 6) is 0.287. The monoisotopic (exact) mass is 308 g/mol. The zero-order valence-electron chi connectivity index (χ0n) is 12.4. The Morgan fingerprint density at radius 1 is 1.29 bits per heavy atom. The molecule has 0 fully saturated rings. The van der Waals surface area contributed by atoms with Crippen molar-refractivity contribution in [2.45, 2.75) is 38.5 Å². The van der Waals surface area contributed by atoms with Crippen molar-refractivity contribution in [3.8, 4) is 0 Å². The van der Waals surface area contributed by atoms with Crippen LogP contribution in [0.4, 0.5) is 11.5 Å². The summed E-state index contributed by atoms with van der Waals surface area (Å²) in [6.45, 7) is 5.74. The van der Waals surface area contributed by atoms with E-state index in [1.54, 1.807) is 12.1 Å². The van der Waals surface area contributed by atoms with Crippen molar-refractivity contribution < 1.29 is 8.42 Å². The van der Waals surface area contributed by atoms with Crippen LogP contribution >= 0.6 is 0 Å². The largest absolute Gasteiger partial charge is 0.398 e. The van der Waals surface area contributed by atoms with E-state index >= 15 is 0 Å². The quantitative estimate of drug-likeness (QED) is 0.738. The lowest BCUT2D eigenvalue weighted by molar-refractivity contribution is 0.601. The van der Waals surface area contributed by atoms with Crippen LogP contribution in [0.3, 0.4) is 0 Å². The lowest BCUT2D eigenvalue weighted by atomic mass is 10.1. The molecular formula is C14H20N4O2S. The van der Waals surface area contributed by atoms with Gasteiger partial charge in [0.15, 0.2) is 5.82 Å². The van der Waals surface area contributed by atoms with Crippen molar-refractivity contribution in [3.05, 3.63) is 35.0 Å². The minimum Gasteiger partial charge on any atom is -0.398 e. The second kappa shape index (κ2) is 5.77. The molecule has 0 unspecified atom stereocenters. The highest BCUT2D eigenvalue weighted by atomic mass is 32.2. The predicted octanol–water partition coefficient (Wildman–Crippen LogP) is 2.36. The number of H-pyrrole nitrogens is 1. The van der Waals surface area contributed by atoms with E-state index in [1.165, 1.54) is 6.07 Å². The summed E-state index contributed by atoms with van der Waals surface area (Å²) in [4.78, 5) is 0.142. The molecule has 2 rings (SSSR count). The first kappa shape index (κ1) is 15.4. The van der Waals surface area contributed by atoms with Gasteiger partial charge in [-0.2, -0.15) is 5.10 Å². The smallest absolute Gasteiger partial charge is 0.263 e. The lowest BCUT2D eigenvalue weighted by Gasteiger charge is -2.10. The first-order valence-electron chi connectivity index (χ1n) is 6.77. The number of nitrogen functional groups attached to an aromatic ring is 1. The molecule has 21 heavy (non-hydrogen) atoms. The second-order valence-corrected chi connectivity index (χ2v) is 6.77. The van der Waals surface area contributed by atoms with Gasteiger partial charge in [0.05, 0.1) is 4.90 Å². The highest BCUT2D eigenvalue weighted by molar-refractivity contribution is 7.92. The van der Waals surface area contributed by atoms with Gasteiger partial charge in [0.25, 0.3) is 10.0 Å². The molecule has 0 aliphatic carbocycles. The molecule has 0 spiro atoms. The molecule has 1 heterocycles. The Morgan fingerprint density at radius 2 is 2.00 bits per heavy atom. The molecule has 0 saturated carbocycles. The number of rotatable bonds is 5. The van der Waals surface area contributed by atoms with Crippen LogP contribution in [-0.4, -0.2) is 18.6 Å². The van der Waals surface area contributed by atoms with Crippen LogP contribution in [-0.2, 0) is 16.4 Å². The number of aromatic nitrogens is 2. The van der Waals surface area contributed by atoms with E-state index in [1.807, 2.05) is 20.8 Å². The highest BCUT2D eigenvalue weighted by Gasteiger charge is 2.17. The van der Waals surface area contributed by atoms with Crippen LogP contribution in [0.2, 0.25) is 0 Å². The van der Waals surface area contributed by atoms with Crippen molar-refractivity contribution in [1.29, 1.82) is 0 Å². The second-order valence-electron chi connectivity index (χ2n) is 5.09. The van der Waals surface area contributed by atoms with Crippen LogP contribution in [0.15, 0.2) is 23.1 Å². The number of aromatic amines is 1. The van der Waals surface area contributed by atoms with Crippen LogP contribution in [0, 0.1) is 13.8 Å². The van der Waals surface area contributed by atoms with E-state index in [0.29, 0.717) is 5.69 Å². The van der Waals surface area contributed by atoms with E-state index in [2.05, 4.69) is 14.9 Å². The zero-order valence-corrected chi connectivity index (χ0v) is 13.2. The van der Waals surface area contributed by atoms with Crippen molar-refractivity contribution in [3.63, 3.8) is 0 Å². The fourth-order valence-electron chi connectivity index (χ4n) is 2.02. The molecule has 0 bridgehead atoms. The van der Waals surface area contributed by atoms with Crippen molar-refractivity contribution >= 4 is 21.5 Å². The number of nitrogens with zero attached hydrogens (tertiary/aromatic N) is 1. The van der Waals surface area contributed by atoms with Gasteiger partial charge in [-0.1, -0.05) is 13.3 Å². The van der Waals surface area contributed by atoms with E-state index in [0.717, 1.165) is 29.7 Å². The Bertz CT molecular complexity index is 727. The van der Waals surface area contributed by atoms with Gasteiger partial charge in [0.1, 0.15) is 0 Å². The number of sulfonamides is 1. The molecule has 7 heteroatoms. The third-order valence-corrected chi connectivity index (χ3v) is 4.71. The average Bonchev–Trinajstić information content (AvgIpc) is 2.82. The first-order chi connectivity index (χ1) is 9.83. The number of anilines is 2. The van der Waals surface area contributed by atoms with Crippen molar-refractivity contribution in [2.24, 2.45) is 0 Å². The molecule has 0 atom stereocenters. The molecular weight excluding hydrogens is 288 g/mol. The number of aryl methyl sites for hydroxylation is 2. The Kier molecular flexibility index (Phi) is 4.22. The predicted molar refractivity (Wildman–Crippen MR) is 83.7 cm³/mol. The molecule has 0 saturated heterocycles.